The highest BCUT2D eigenvalue weighted by Crippen LogP contribution is 2.61. The molecule has 24 heavy (non-hydrogen) atoms. The van der Waals surface area contributed by atoms with E-state index in [1.165, 1.54) is 24.0 Å². The van der Waals surface area contributed by atoms with Crippen molar-refractivity contribution in [2.45, 2.75) is 79.8 Å². The molecule has 2 heteroatoms. The van der Waals surface area contributed by atoms with Crippen LogP contribution in [0.15, 0.2) is 34.4 Å². The number of aliphatic hydroxyl groups is 1. The zero-order valence-electron chi connectivity index (χ0n) is 16.3. The molecular formula is C22H34O2. The molecule has 0 spiro atoms. The van der Waals surface area contributed by atoms with Crippen molar-refractivity contribution in [2.75, 3.05) is 0 Å². The Morgan fingerprint density at radius 1 is 1.17 bits per heavy atom. The summed E-state index contributed by atoms with van der Waals surface area (Å²) >= 11 is 0. The predicted molar refractivity (Wildman–Crippen MR) is 101 cm³/mol. The third kappa shape index (κ3) is 2.94. The van der Waals surface area contributed by atoms with Gasteiger partial charge in [0.25, 0.3) is 0 Å². The van der Waals surface area contributed by atoms with E-state index >= 15 is 0 Å². The Bertz CT molecular complexity index is 593. The fourth-order valence-electron chi connectivity index (χ4n) is 4.74. The molecule has 0 radical (unpaired) electrons. The summed E-state index contributed by atoms with van der Waals surface area (Å²) < 4.78 is 0. The molecule has 0 bridgehead atoms. The summed E-state index contributed by atoms with van der Waals surface area (Å²) in [5.74, 6) is 0.551. The maximum absolute atomic E-state index is 11.2. The highest BCUT2D eigenvalue weighted by atomic mass is 16.3. The van der Waals surface area contributed by atoms with E-state index < -0.39 is 6.10 Å². The molecule has 1 N–H and O–H groups in total. The minimum absolute atomic E-state index is 0.222. The van der Waals surface area contributed by atoms with Gasteiger partial charge in [0.1, 0.15) is 6.29 Å². The molecular weight excluding hydrogens is 296 g/mol. The first kappa shape index (κ1) is 19.2. The Kier molecular flexibility index (Phi) is 5.59. The van der Waals surface area contributed by atoms with Crippen LogP contribution in [0.3, 0.4) is 0 Å². The van der Waals surface area contributed by atoms with Gasteiger partial charge in [-0.25, -0.2) is 0 Å². The van der Waals surface area contributed by atoms with Gasteiger partial charge in [-0.1, -0.05) is 59.3 Å². The molecule has 0 aromatic carbocycles. The summed E-state index contributed by atoms with van der Waals surface area (Å²) in [7, 11) is 0. The molecule has 0 saturated heterocycles. The maximum atomic E-state index is 11.2. The fraction of sp³-hybridized carbons (Fsp3) is 0.682. The third-order valence-corrected chi connectivity index (χ3v) is 6.43. The van der Waals surface area contributed by atoms with E-state index in [1.807, 2.05) is 19.9 Å². The van der Waals surface area contributed by atoms with Crippen LogP contribution in [0.25, 0.3) is 0 Å². The lowest BCUT2D eigenvalue weighted by atomic mass is 9.57. The number of aliphatic hydroxyl groups excluding tert-OH is 1. The number of carbonyl (C=O) groups is 1. The smallest absolute Gasteiger partial charge is 0.146 e. The van der Waals surface area contributed by atoms with Gasteiger partial charge in [0, 0.05) is 11.8 Å². The second-order valence-electron chi connectivity index (χ2n) is 8.19. The third-order valence-electron chi connectivity index (χ3n) is 6.43. The first-order chi connectivity index (χ1) is 11.3. The molecule has 3 aliphatic carbocycles. The Hall–Kier alpha value is -1.15. The van der Waals surface area contributed by atoms with Crippen LogP contribution in [-0.4, -0.2) is 17.5 Å². The average molecular weight is 331 g/mol. The lowest BCUT2D eigenvalue weighted by Gasteiger charge is -2.48. The molecule has 2 nitrogen and oxygen atoms in total. The normalized spacial score (nSPS) is 35.2. The first-order valence-corrected chi connectivity index (χ1v) is 9.60. The number of rotatable bonds is 2. The molecule has 1 unspecified atom stereocenters. The maximum Gasteiger partial charge on any atom is 0.146 e. The molecule has 0 aromatic heterocycles. The largest absolute Gasteiger partial charge is 0.392 e. The van der Waals surface area contributed by atoms with E-state index in [-0.39, 0.29) is 10.8 Å². The molecule has 0 heterocycles. The molecule has 0 amide bonds. The summed E-state index contributed by atoms with van der Waals surface area (Å²) in [6, 6.07) is 0. The van der Waals surface area contributed by atoms with Crippen LogP contribution < -0.4 is 0 Å². The van der Waals surface area contributed by atoms with Crippen molar-refractivity contribution in [3.63, 3.8) is 0 Å². The van der Waals surface area contributed by atoms with Gasteiger partial charge in [-0.15, -0.1) is 0 Å². The van der Waals surface area contributed by atoms with Crippen molar-refractivity contribution in [1.29, 1.82) is 0 Å². The highest BCUT2D eigenvalue weighted by molar-refractivity contribution is 5.74. The highest BCUT2D eigenvalue weighted by Gasteiger charge is 2.51. The second kappa shape index (κ2) is 7.00. The Balaban J connectivity index is 0.00000100. The number of hydrogen-bond donors (Lipinski definition) is 1. The predicted octanol–water partition coefficient (Wildman–Crippen LogP) is 5.38. The zero-order chi connectivity index (χ0) is 18.1. The van der Waals surface area contributed by atoms with E-state index in [4.69, 9.17) is 0 Å². The van der Waals surface area contributed by atoms with Crippen molar-refractivity contribution < 1.29 is 9.90 Å². The Labute approximate surface area is 147 Å². The number of hydrogen-bond acceptors (Lipinski definition) is 2. The number of carbonyl (C=O) groups excluding carboxylic acids is 1. The lowest BCUT2D eigenvalue weighted by Crippen LogP contribution is -2.41. The topological polar surface area (TPSA) is 37.3 Å². The Morgan fingerprint density at radius 3 is 2.42 bits per heavy atom. The van der Waals surface area contributed by atoms with Crippen LogP contribution in [0.4, 0.5) is 0 Å². The van der Waals surface area contributed by atoms with Gasteiger partial charge in [-0.3, -0.25) is 4.79 Å². The van der Waals surface area contributed by atoms with Gasteiger partial charge in [0.15, 0.2) is 0 Å². The average Bonchev–Trinajstić information content (AvgIpc) is 2.86. The molecule has 3 rings (SSSR count). The molecule has 3 aliphatic rings. The number of aldehydes is 1. The van der Waals surface area contributed by atoms with E-state index in [2.05, 4.69) is 33.8 Å². The molecule has 0 aromatic rings. The van der Waals surface area contributed by atoms with Gasteiger partial charge in [-0.2, -0.15) is 0 Å². The number of fused-ring (bicyclic) bond motifs is 3. The van der Waals surface area contributed by atoms with Crippen LogP contribution in [-0.2, 0) is 4.79 Å². The minimum atomic E-state index is -0.469. The van der Waals surface area contributed by atoms with Gasteiger partial charge >= 0.3 is 0 Å². The quantitative estimate of drug-likeness (QED) is 0.690. The SMILES string of the molecule is CC.CC(C)C1=C2C3=CC=C(C=O)C[C@H](O)[C@]3(C)CCC2(C)CC1. The summed E-state index contributed by atoms with van der Waals surface area (Å²) in [4.78, 5) is 11.2. The molecule has 0 aliphatic heterocycles. The van der Waals surface area contributed by atoms with Crippen molar-refractivity contribution >= 4 is 6.29 Å². The second-order valence-corrected chi connectivity index (χ2v) is 8.19. The van der Waals surface area contributed by atoms with Crippen LogP contribution in [0.5, 0.6) is 0 Å². The van der Waals surface area contributed by atoms with E-state index in [1.54, 1.807) is 5.57 Å². The molecule has 1 fully saturated rings. The van der Waals surface area contributed by atoms with Gasteiger partial charge in [-0.05, 0) is 53.7 Å². The summed E-state index contributed by atoms with van der Waals surface area (Å²) in [5.41, 5.74) is 5.10. The van der Waals surface area contributed by atoms with Crippen LogP contribution in [0, 0.1) is 16.7 Å². The zero-order valence-corrected chi connectivity index (χ0v) is 16.3. The van der Waals surface area contributed by atoms with Crippen molar-refractivity contribution in [2.24, 2.45) is 16.7 Å². The summed E-state index contributed by atoms with van der Waals surface area (Å²) in [6.45, 7) is 13.1. The van der Waals surface area contributed by atoms with Crippen molar-refractivity contribution in [3.8, 4) is 0 Å². The van der Waals surface area contributed by atoms with Gasteiger partial charge in [0.2, 0.25) is 0 Å². The van der Waals surface area contributed by atoms with Gasteiger partial charge < -0.3 is 5.11 Å². The standard InChI is InChI=1S/C20H28O2.C2H6/c1-13(2)15-7-8-19(3)9-10-20(4)16(18(15)19)6-5-14(12-21)11-17(20)22;1-2/h5-6,12-13,17,22H,7-11H2,1-4H3;1-2H3/t17-,19?,20+;/m0./s1. The van der Waals surface area contributed by atoms with Crippen LogP contribution in [0.1, 0.15) is 73.6 Å². The first-order valence-electron chi connectivity index (χ1n) is 9.60. The molecule has 1 saturated carbocycles. The van der Waals surface area contributed by atoms with Gasteiger partial charge in [0.05, 0.1) is 6.10 Å². The summed E-state index contributed by atoms with van der Waals surface area (Å²) in [6.07, 6.45) is 9.52. The van der Waals surface area contributed by atoms with Crippen LogP contribution in [0.2, 0.25) is 0 Å². The minimum Gasteiger partial charge on any atom is -0.392 e. The fourth-order valence-corrected chi connectivity index (χ4v) is 4.74. The van der Waals surface area contributed by atoms with Crippen molar-refractivity contribution in [1.82, 2.24) is 0 Å². The van der Waals surface area contributed by atoms with E-state index in [0.29, 0.717) is 17.9 Å². The molecule has 3 atom stereocenters. The molecule has 134 valence electrons. The van der Waals surface area contributed by atoms with E-state index in [9.17, 15) is 9.90 Å². The lowest BCUT2D eigenvalue weighted by molar-refractivity contribution is -0.105. The summed E-state index contributed by atoms with van der Waals surface area (Å²) in [5, 5.41) is 10.8. The van der Waals surface area contributed by atoms with Crippen molar-refractivity contribution in [3.05, 3.63) is 34.4 Å². The van der Waals surface area contributed by atoms with Crippen LogP contribution >= 0.6 is 0 Å². The monoisotopic (exact) mass is 330 g/mol. The van der Waals surface area contributed by atoms with E-state index in [0.717, 1.165) is 19.1 Å². The Morgan fingerprint density at radius 2 is 1.83 bits per heavy atom. The number of allylic oxidation sites excluding steroid dienone is 4.